The summed E-state index contributed by atoms with van der Waals surface area (Å²) in [6.45, 7) is 14.2. The average molecular weight is 268 g/mol. The van der Waals surface area contributed by atoms with Gasteiger partial charge in [-0.2, -0.15) is 0 Å². The van der Waals surface area contributed by atoms with Gasteiger partial charge in [0.2, 0.25) is 0 Å². The van der Waals surface area contributed by atoms with Crippen molar-refractivity contribution in [3.63, 3.8) is 0 Å². The van der Waals surface area contributed by atoms with E-state index in [0.29, 0.717) is 0 Å². The van der Waals surface area contributed by atoms with Gasteiger partial charge in [-0.3, -0.25) is 4.90 Å². The van der Waals surface area contributed by atoms with Crippen molar-refractivity contribution in [1.82, 2.24) is 10.2 Å². The molecular weight excluding hydrogens is 232 g/mol. The van der Waals surface area contributed by atoms with Crippen LogP contribution < -0.4 is 5.32 Å². The van der Waals surface area contributed by atoms with Crippen molar-refractivity contribution < 1.29 is 0 Å². The normalized spacial score (nSPS) is 17.2. The van der Waals surface area contributed by atoms with Crippen LogP contribution >= 0.6 is 0 Å². The monoisotopic (exact) mass is 268 g/mol. The summed E-state index contributed by atoms with van der Waals surface area (Å²) in [5.41, 5.74) is 0. The van der Waals surface area contributed by atoms with E-state index in [9.17, 15) is 0 Å². The van der Waals surface area contributed by atoms with Crippen LogP contribution in [0.4, 0.5) is 0 Å². The van der Waals surface area contributed by atoms with Crippen molar-refractivity contribution >= 4 is 0 Å². The van der Waals surface area contributed by atoms with Gasteiger partial charge in [0, 0.05) is 25.7 Å². The molecule has 0 aliphatic heterocycles. The minimum absolute atomic E-state index is 0.774. The summed E-state index contributed by atoms with van der Waals surface area (Å²) < 4.78 is 0. The third-order valence-corrected chi connectivity index (χ3v) is 4.54. The van der Waals surface area contributed by atoms with Crippen molar-refractivity contribution in [2.24, 2.45) is 11.8 Å². The quantitative estimate of drug-likeness (QED) is 0.604. The van der Waals surface area contributed by atoms with Gasteiger partial charge in [-0.25, -0.2) is 0 Å². The lowest BCUT2D eigenvalue weighted by atomic mass is 10.1. The summed E-state index contributed by atoms with van der Waals surface area (Å²) in [5.74, 6) is 1.74. The van der Waals surface area contributed by atoms with E-state index in [1.807, 2.05) is 0 Å². The van der Waals surface area contributed by atoms with Crippen molar-refractivity contribution in [3.05, 3.63) is 0 Å². The minimum Gasteiger partial charge on any atom is -0.315 e. The molecule has 114 valence electrons. The lowest BCUT2D eigenvalue weighted by Gasteiger charge is -2.32. The minimum atomic E-state index is 0.774. The second kappa shape index (κ2) is 9.77. The number of hydrogen-bond donors (Lipinski definition) is 1. The van der Waals surface area contributed by atoms with Crippen LogP contribution in [0.5, 0.6) is 0 Å². The number of nitrogens with zero attached hydrogens (tertiary/aromatic N) is 1. The molecule has 0 unspecified atom stereocenters. The maximum atomic E-state index is 3.69. The molecule has 0 atom stereocenters. The number of nitrogens with one attached hydrogen (secondary N) is 1. The Morgan fingerprint density at radius 3 is 2.26 bits per heavy atom. The Kier molecular flexibility index (Phi) is 8.72. The van der Waals surface area contributed by atoms with E-state index in [1.54, 1.807) is 0 Å². The number of hydrogen-bond acceptors (Lipinski definition) is 2. The van der Waals surface area contributed by atoms with Gasteiger partial charge < -0.3 is 5.32 Å². The van der Waals surface area contributed by atoms with Crippen molar-refractivity contribution in [3.8, 4) is 0 Å². The second-order valence-corrected chi connectivity index (χ2v) is 6.71. The summed E-state index contributed by atoms with van der Waals surface area (Å²) in [7, 11) is 0. The van der Waals surface area contributed by atoms with E-state index in [4.69, 9.17) is 0 Å². The summed E-state index contributed by atoms with van der Waals surface area (Å²) in [6, 6.07) is 0.774. The first-order valence-electron chi connectivity index (χ1n) is 8.62. The molecule has 0 aromatic heterocycles. The topological polar surface area (TPSA) is 15.3 Å². The van der Waals surface area contributed by atoms with E-state index in [1.165, 1.54) is 64.7 Å². The van der Waals surface area contributed by atoms with Crippen LogP contribution in [-0.4, -0.2) is 37.1 Å². The van der Waals surface area contributed by atoms with Crippen LogP contribution in [0.1, 0.15) is 66.2 Å². The Morgan fingerprint density at radius 1 is 1.11 bits per heavy atom. The second-order valence-electron chi connectivity index (χ2n) is 6.71. The molecule has 0 saturated heterocycles. The maximum Gasteiger partial charge on any atom is 0.0110 e. The van der Waals surface area contributed by atoms with Gasteiger partial charge in [-0.1, -0.05) is 40.5 Å². The van der Waals surface area contributed by atoms with Gasteiger partial charge >= 0.3 is 0 Å². The van der Waals surface area contributed by atoms with Crippen LogP contribution in [0.25, 0.3) is 0 Å². The summed E-state index contributed by atoms with van der Waals surface area (Å²) in [4.78, 5) is 2.70. The van der Waals surface area contributed by atoms with E-state index in [2.05, 4.69) is 37.9 Å². The molecule has 1 aliphatic rings. The standard InChI is InChI=1S/C17H36N2/c1-5-17(6-2)19(14-15(3)4)12-11-18-13-16-9-7-8-10-16/h15-18H,5-14H2,1-4H3. The average Bonchev–Trinajstić information content (AvgIpc) is 2.88. The summed E-state index contributed by atoms with van der Waals surface area (Å²) in [6.07, 6.45) is 8.39. The largest absolute Gasteiger partial charge is 0.315 e. The smallest absolute Gasteiger partial charge is 0.0110 e. The molecule has 19 heavy (non-hydrogen) atoms. The molecule has 1 rings (SSSR count). The molecule has 2 nitrogen and oxygen atoms in total. The zero-order valence-corrected chi connectivity index (χ0v) is 13.8. The molecule has 1 saturated carbocycles. The van der Waals surface area contributed by atoms with Crippen molar-refractivity contribution in [2.75, 3.05) is 26.2 Å². The molecule has 0 aromatic carbocycles. The Labute approximate surface area is 121 Å². The first-order chi connectivity index (χ1) is 9.17. The first-order valence-corrected chi connectivity index (χ1v) is 8.62. The third kappa shape index (κ3) is 6.76. The predicted molar refractivity (Wildman–Crippen MR) is 85.6 cm³/mol. The van der Waals surface area contributed by atoms with Crippen LogP contribution in [0.3, 0.4) is 0 Å². The molecular formula is C17H36N2. The molecule has 0 bridgehead atoms. The third-order valence-electron chi connectivity index (χ3n) is 4.54. The molecule has 1 aliphatic carbocycles. The molecule has 0 radical (unpaired) electrons. The van der Waals surface area contributed by atoms with E-state index in [0.717, 1.165) is 17.9 Å². The summed E-state index contributed by atoms with van der Waals surface area (Å²) >= 11 is 0. The van der Waals surface area contributed by atoms with Crippen LogP contribution in [0.2, 0.25) is 0 Å². The highest BCUT2D eigenvalue weighted by Crippen LogP contribution is 2.23. The van der Waals surface area contributed by atoms with Crippen LogP contribution in [0.15, 0.2) is 0 Å². The zero-order valence-electron chi connectivity index (χ0n) is 13.8. The Balaban J connectivity index is 2.22. The zero-order chi connectivity index (χ0) is 14.1. The fourth-order valence-electron chi connectivity index (χ4n) is 3.44. The van der Waals surface area contributed by atoms with Gasteiger partial charge in [-0.05, 0) is 44.1 Å². The highest BCUT2D eigenvalue weighted by atomic mass is 15.2. The predicted octanol–water partition coefficient (Wildman–Crippen LogP) is 3.91. The SMILES string of the molecule is CCC(CC)N(CCNCC1CCCC1)CC(C)C. The molecule has 0 heterocycles. The van der Waals surface area contributed by atoms with Crippen LogP contribution in [-0.2, 0) is 0 Å². The van der Waals surface area contributed by atoms with Gasteiger partial charge in [0.1, 0.15) is 0 Å². The van der Waals surface area contributed by atoms with Gasteiger partial charge in [-0.15, -0.1) is 0 Å². The summed E-state index contributed by atoms with van der Waals surface area (Å²) in [5, 5.41) is 3.69. The van der Waals surface area contributed by atoms with Crippen LogP contribution in [0, 0.1) is 11.8 Å². The molecule has 1 fully saturated rings. The first kappa shape index (κ1) is 17.0. The fraction of sp³-hybridized carbons (Fsp3) is 1.00. The van der Waals surface area contributed by atoms with Gasteiger partial charge in [0.05, 0.1) is 0 Å². The van der Waals surface area contributed by atoms with Crippen molar-refractivity contribution in [2.45, 2.75) is 72.3 Å². The Hall–Kier alpha value is -0.0800. The van der Waals surface area contributed by atoms with Gasteiger partial charge in [0.25, 0.3) is 0 Å². The molecule has 0 spiro atoms. The lowest BCUT2D eigenvalue weighted by molar-refractivity contribution is 0.166. The van der Waals surface area contributed by atoms with E-state index in [-0.39, 0.29) is 0 Å². The molecule has 1 N–H and O–H groups in total. The molecule has 0 aromatic rings. The van der Waals surface area contributed by atoms with Gasteiger partial charge in [0.15, 0.2) is 0 Å². The maximum absolute atomic E-state index is 3.69. The lowest BCUT2D eigenvalue weighted by Crippen LogP contribution is -2.42. The molecule has 2 heteroatoms. The van der Waals surface area contributed by atoms with E-state index < -0.39 is 0 Å². The Bertz CT molecular complexity index is 205. The Morgan fingerprint density at radius 2 is 1.74 bits per heavy atom. The molecule has 0 amide bonds. The highest BCUT2D eigenvalue weighted by Gasteiger charge is 2.17. The highest BCUT2D eigenvalue weighted by molar-refractivity contribution is 4.73. The number of rotatable bonds is 10. The van der Waals surface area contributed by atoms with E-state index >= 15 is 0 Å². The fourth-order valence-corrected chi connectivity index (χ4v) is 3.44. The van der Waals surface area contributed by atoms with Crippen molar-refractivity contribution in [1.29, 1.82) is 0 Å².